The first kappa shape index (κ1) is 25.4. The van der Waals surface area contributed by atoms with E-state index in [2.05, 4.69) is 145 Å². The van der Waals surface area contributed by atoms with Crippen molar-refractivity contribution in [2.24, 2.45) is 0 Å². The van der Waals surface area contributed by atoms with Crippen LogP contribution in [0.5, 0.6) is 0 Å². The van der Waals surface area contributed by atoms with Crippen molar-refractivity contribution in [1.82, 2.24) is 9.13 Å². The lowest BCUT2D eigenvalue weighted by atomic mass is 10.1. The minimum absolute atomic E-state index is 0.942. The van der Waals surface area contributed by atoms with Gasteiger partial charge in [0.25, 0.3) is 0 Å². The average Bonchev–Trinajstić information content (AvgIpc) is 3.30. The molecule has 0 atom stereocenters. The minimum atomic E-state index is 0.942. The zero-order chi connectivity index (χ0) is 26.6. The number of aromatic nitrogens is 2. The summed E-state index contributed by atoms with van der Waals surface area (Å²) in [5.41, 5.74) is 11.3. The van der Waals surface area contributed by atoms with Gasteiger partial charge in [0.05, 0.1) is 11.0 Å². The fourth-order valence-electron chi connectivity index (χ4n) is 5.38. The van der Waals surface area contributed by atoms with Gasteiger partial charge in [-0.25, -0.2) is 0 Å². The van der Waals surface area contributed by atoms with Gasteiger partial charge >= 0.3 is 0 Å². The van der Waals surface area contributed by atoms with Crippen molar-refractivity contribution in [2.45, 2.75) is 41.0 Å². The van der Waals surface area contributed by atoms with Crippen LogP contribution in [0, 0.1) is 6.92 Å². The second-order valence-corrected chi connectivity index (χ2v) is 9.46. The molecule has 0 amide bonds. The van der Waals surface area contributed by atoms with E-state index in [-0.39, 0.29) is 0 Å². The largest absolute Gasteiger partial charge is 0.310 e. The second kappa shape index (κ2) is 11.0. The molecule has 2 nitrogen and oxygen atoms in total. The number of hydrogen-bond donors (Lipinski definition) is 0. The van der Waals surface area contributed by atoms with E-state index in [1.54, 1.807) is 0 Å². The van der Waals surface area contributed by atoms with Crippen LogP contribution in [0.25, 0.3) is 45.3 Å². The summed E-state index contributed by atoms with van der Waals surface area (Å²) >= 11 is 0. The SMILES string of the molecule is C/C=C(C)\C=C/c1c(C)c2c(n1-c1cccc(-n3c4ccccc4c4ccccc43)c1)C=CC=CC2.CC. The van der Waals surface area contributed by atoms with E-state index >= 15 is 0 Å². The third-order valence-electron chi connectivity index (χ3n) is 7.34. The summed E-state index contributed by atoms with van der Waals surface area (Å²) < 4.78 is 4.81. The number of benzene rings is 3. The highest BCUT2D eigenvalue weighted by atomic mass is 15.0. The first-order chi connectivity index (χ1) is 18.7. The fraction of sp³-hybridized carbons (Fsp3) is 0.167. The van der Waals surface area contributed by atoms with E-state index in [0.29, 0.717) is 0 Å². The summed E-state index contributed by atoms with van der Waals surface area (Å²) in [4.78, 5) is 0. The van der Waals surface area contributed by atoms with Crippen molar-refractivity contribution in [3.63, 3.8) is 0 Å². The Hall–Kier alpha value is -4.30. The first-order valence-electron chi connectivity index (χ1n) is 13.6. The summed E-state index contributed by atoms with van der Waals surface area (Å²) in [5.74, 6) is 0. The molecule has 2 aromatic heterocycles. The van der Waals surface area contributed by atoms with Gasteiger partial charge in [-0.1, -0.05) is 92.3 Å². The maximum atomic E-state index is 2.42. The molecule has 1 aliphatic carbocycles. The normalized spacial score (nSPS) is 13.1. The van der Waals surface area contributed by atoms with Gasteiger partial charge in [-0.15, -0.1) is 0 Å². The van der Waals surface area contributed by atoms with Crippen LogP contribution < -0.4 is 0 Å². The highest BCUT2D eigenvalue weighted by Gasteiger charge is 2.19. The number of para-hydroxylation sites is 2. The Balaban J connectivity index is 0.00000144. The minimum Gasteiger partial charge on any atom is -0.310 e. The zero-order valence-corrected chi connectivity index (χ0v) is 23.1. The van der Waals surface area contributed by atoms with E-state index in [9.17, 15) is 0 Å². The molecule has 0 saturated heterocycles. The van der Waals surface area contributed by atoms with Crippen molar-refractivity contribution in [1.29, 1.82) is 0 Å². The van der Waals surface area contributed by atoms with Gasteiger partial charge in [0.1, 0.15) is 0 Å². The predicted octanol–water partition coefficient (Wildman–Crippen LogP) is 10.0. The summed E-state index contributed by atoms with van der Waals surface area (Å²) in [6.45, 7) is 10.5. The maximum absolute atomic E-state index is 2.42. The van der Waals surface area contributed by atoms with Gasteiger partial charge in [-0.05, 0) is 80.8 Å². The van der Waals surface area contributed by atoms with Crippen molar-refractivity contribution < 1.29 is 0 Å². The molecule has 0 radical (unpaired) electrons. The molecule has 0 N–H and O–H groups in total. The third kappa shape index (κ3) is 4.37. The molecule has 3 aromatic carbocycles. The first-order valence-corrected chi connectivity index (χ1v) is 13.6. The Morgan fingerprint density at radius 2 is 1.42 bits per heavy atom. The lowest BCUT2D eigenvalue weighted by Gasteiger charge is -2.14. The molecule has 0 aliphatic heterocycles. The van der Waals surface area contributed by atoms with E-state index in [1.165, 1.54) is 61.3 Å². The summed E-state index contributed by atoms with van der Waals surface area (Å²) in [5, 5.41) is 2.56. The van der Waals surface area contributed by atoms with E-state index in [1.807, 2.05) is 13.8 Å². The number of nitrogens with zero attached hydrogens (tertiary/aromatic N) is 2. The molecular weight excluding hydrogens is 460 g/mol. The molecule has 0 bridgehead atoms. The van der Waals surface area contributed by atoms with Crippen molar-refractivity contribution >= 4 is 34.0 Å². The van der Waals surface area contributed by atoms with E-state index in [4.69, 9.17) is 0 Å². The molecule has 0 spiro atoms. The lowest BCUT2D eigenvalue weighted by molar-refractivity contribution is 1.03. The highest BCUT2D eigenvalue weighted by molar-refractivity contribution is 6.09. The fourth-order valence-corrected chi connectivity index (χ4v) is 5.38. The van der Waals surface area contributed by atoms with Crippen LogP contribution in [-0.2, 0) is 6.42 Å². The van der Waals surface area contributed by atoms with Crippen LogP contribution in [0.3, 0.4) is 0 Å². The van der Waals surface area contributed by atoms with Crippen LogP contribution in [0.4, 0.5) is 0 Å². The molecule has 1 aliphatic rings. The topological polar surface area (TPSA) is 9.86 Å². The Bertz CT molecular complexity index is 1680. The van der Waals surface area contributed by atoms with Crippen LogP contribution in [0.15, 0.2) is 109 Å². The molecule has 6 rings (SSSR count). The molecule has 5 aromatic rings. The smallest absolute Gasteiger partial charge is 0.0541 e. The zero-order valence-electron chi connectivity index (χ0n) is 23.1. The van der Waals surface area contributed by atoms with Crippen LogP contribution in [-0.4, -0.2) is 9.13 Å². The molecular formula is C36H36N2. The van der Waals surface area contributed by atoms with Crippen molar-refractivity contribution in [3.05, 3.63) is 131 Å². The Labute approximate surface area is 226 Å². The number of rotatable bonds is 4. The summed E-state index contributed by atoms with van der Waals surface area (Å²) in [7, 11) is 0. The van der Waals surface area contributed by atoms with Crippen LogP contribution in [0.1, 0.15) is 50.2 Å². The maximum Gasteiger partial charge on any atom is 0.0541 e. The standard InChI is InChI=1S/C34H30N2.C2H6/c1-4-24(2)21-22-31-25(3)28-15-6-5-7-18-32(28)35(31)26-13-12-14-27(23-26)36-33-19-10-8-16-29(33)30-17-9-11-20-34(30)36;1-2/h4-14,16-23H,15H2,1-3H3;1-2H3/b22-21-,24-4-;. The summed E-state index contributed by atoms with van der Waals surface area (Å²) in [6.07, 6.45) is 16.4. The molecule has 0 saturated carbocycles. The molecule has 2 heteroatoms. The summed E-state index contributed by atoms with van der Waals surface area (Å²) in [6, 6.07) is 26.3. The van der Waals surface area contributed by atoms with E-state index in [0.717, 1.165) is 6.42 Å². The highest BCUT2D eigenvalue weighted by Crippen LogP contribution is 2.34. The van der Waals surface area contributed by atoms with Gasteiger partial charge in [-0.3, -0.25) is 0 Å². The number of fused-ring (bicyclic) bond motifs is 4. The van der Waals surface area contributed by atoms with Crippen molar-refractivity contribution in [3.8, 4) is 11.4 Å². The average molecular weight is 497 g/mol. The quantitative estimate of drug-likeness (QED) is 0.219. The van der Waals surface area contributed by atoms with Gasteiger partial charge in [0.2, 0.25) is 0 Å². The number of allylic oxidation sites excluding steroid dienone is 6. The van der Waals surface area contributed by atoms with Crippen LogP contribution >= 0.6 is 0 Å². The molecule has 2 heterocycles. The van der Waals surface area contributed by atoms with Gasteiger partial charge in [-0.2, -0.15) is 0 Å². The molecule has 190 valence electrons. The number of hydrogen-bond acceptors (Lipinski definition) is 0. The molecule has 0 fully saturated rings. The monoisotopic (exact) mass is 496 g/mol. The van der Waals surface area contributed by atoms with Gasteiger partial charge in [0.15, 0.2) is 0 Å². The Kier molecular flexibility index (Phi) is 7.33. The third-order valence-corrected chi connectivity index (χ3v) is 7.34. The molecule has 38 heavy (non-hydrogen) atoms. The predicted molar refractivity (Wildman–Crippen MR) is 167 cm³/mol. The lowest BCUT2D eigenvalue weighted by Crippen LogP contribution is -2.02. The Morgan fingerprint density at radius 1 is 0.789 bits per heavy atom. The van der Waals surface area contributed by atoms with Gasteiger partial charge < -0.3 is 9.13 Å². The van der Waals surface area contributed by atoms with Gasteiger partial charge in [0, 0.05) is 33.5 Å². The molecule has 0 unspecified atom stereocenters. The van der Waals surface area contributed by atoms with E-state index < -0.39 is 0 Å². The Morgan fingerprint density at radius 3 is 2.08 bits per heavy atom. The van der Waals surface area contributed by atoms with Crippen molar-refractivity contribution in [2.75, 3.05) is 0 Å². The van der Waals surface area contributed by atoms with Crippen LogP contribution in [0.2, 0.25) is 0 Å². The second-order valence-electron chi connectivity index (χ2n) is 9.46.